The first-order valence-electron chi connectivity index (χ1n) is 10.6. The molecule has 0 aliphatic carbocycles. The third kappa shape index (κ3) is 4.46. The standard InChI is InChI=1S/C26H22BrClN2O2/c27-20-6-4-5-18(13-20)22-15-26(31)32-25-16-24(28)19(14-23(22)25)17-29-9-11-30(12-10-29)21-7-2-1-3-8-21/h1-8,13-16H,9-12,17H2. The predicted octanol–water partition coefficient (Wildman–Crippen LogP) is 6.20. The number of hydrogen-bond acceptors (Lipinski definition) is 4. The molecular formula is C26H22BrClN2O2. The predicted molar refractivity (Wildman–Crippen MR) is 135 cm³/mol. The zero-order chi connectivity index (χ0) is 22.1. The monoisotopic (exact) mass is 508 g/mol. The van der Waals surface area contributed by atoms with E-state index in [2.05, 4.69) is 56.1 Å². The van der Waals surface area contributed by atoms with E-state index in [-0.39, 0.29) is 5.63 Å². The lowest BCUT2D eigenvalue weighted by Crippen LogP contribution is -2.46. The minimum atomic E-state index is -0.381. The molecular weight excluding hydrogens is 488 g/mol. The second kappa shape index (κ2) is 9.10. The molecule has 0 spiro atoms. The van der Waals surface area contributed by atoms with Crippen molar-refractivity contribution >= 4 is 44.2 Å². The molecule has 1 saturated heterocycles. The molecule has 0 unspecified atom stereocenters. The van der Waals surface area contributed by atoms with Crippen molar-refractivity contribution in [1.82, 2.24) is 4.90 Å². The van der Waals surface area contributed by atoms with Crippen molar-refractivity contribution in [2.45, 2.75) is 6.54 Å². The summed E-state index contributed by atoms with van der Waals surface area (Å²) in [7, 11) is 0. The average Bonchev–Trinajstić information content (AvgIpc) is 2.80. The highest BCUT2D eigenvalue weighted by Gasteiger charge is 2.19. The highest BCUT2D eigenvalue weighted by atomic mass is 79.9. The van der Waals surface area contributed by atoms with Crippen molar-refractivity contribution in [3.63, 3.8) is 0 Å². The molecule has 32 heavy (non-hydrogen) atoms. The molecule has 162 valence electrons. The largest absolute Gasteiger partial charge is 0.423 e. The molecule has 4 aromatic rings. The quantitative estimate of drug-likeness (QED) is 0.307. The maximum absolute atomic E-state index is 12.2. The Balaban J connectivity index is 1.42. The third-order valence-electron chi connectivity index (χ3n) is 5.93. The Hall–Kier alpha value is -2.60. The Morgan fingerprint density at radius 3 is 2.44 bits per heavy atom. The number of benzene rings is 3. The van der Waals surface area contributed by atoms with Gasteiger partial charge >= 0.3 is 5.63 Å². The molecule has 1 aromatic heterocycles. The molecule has 1 aliphatic heterocycles. The lowest BCUT2D eigenvalue weighted by Gasteiger charge is -2.36. The first-order chi connectivity index (χ1) is 15.6. The van der Waals surface area contributed by atoms with Gasteiger partial charge in [-0.15, -0.1) is 0 Å². The smallest absolute Gasteiger partial charge is 0.336 e. The molecule has 2 heterocycles. The van der Waals surface area contributed by atoms with E-state index in [9.17, 15) is 4.79 Å². The Bertz CT molecular complexity index is 1310. The number of piperazine rings is 1. The van der Waals surface area contributed by atoms with Crippen LogP contribution in [0.1, 0.15) is 5.56 Å². The van der Waals surface area contributed by atoms with E-state index in [1.165, 1.54) is 5.69 Å². The summed E-state index contributed by atoms with van der Waals surface area (Å²) in [6.07, 6.45) is 0. The molecule has 0 radical (unpaired) electrons. The summed E-state index contributed by atoms with van der Waals surface area (Å²) >= 11 is 10.1. The first-order valence-corrected chi connectivity index (χ1v) is 11.8. The van der Waals surface area contributed by atoms with E-state index in [1.54, 1.807) is 12.1 Å². The summed E-state index contributed by atoms with van der Waals surface area (Å²) in [5.74, 6) is 0. The summed E-state index contributed by atoms with van der Waals surface area (Å²) in [4.78, 5) is 17.0. The molecule has 1 aliphatic rings. The molecule has 0 saturated carbocycles. The number of para-hydroxylation sites is 1. The van der Waals surface area contributed by atoms with Crippen molar-refractivity contribution in [1.29, 1.82) is 0 Å². The molecule has 0 amide bonds. The highest BCUT2D eigenvalue weighted by molar-refractivity contribution is 9.10. The SMILES string of the molecule is O=c1cc(-c2cccc(Br)c2)c2cc(CN3CCN(c4ccccc4)CC3)c(Cl)cc2o1. The molecule has 0 N–H and O–H groups in total. The zero-order valence-corrected chi connectivity index (χ0v) is 19.8. The molecule has 3 aromatic carbocycles. The van der Waals surface area contributed by atoms with E-state index in [0.29, 0.717) is 10.6 Å². The zero-order valence-electron chi connectivity index (χ0n) is 17.4. The number of hydrogen-bond donors (Lipinski definition) is 0. The van der Waals surface area contributed by atoms with Crippen molar-refractivity contribution in [3.05, 3.63) is 98.3 Å². The molecule has 5 rings (SSSR count). The van der Waals surface area contributed by atoms with E-state index in [0.717, 1.165) is 59.3 Å². The van der Waals surface area contributed by atoms with Gasteiger partial charge in [0.1, 0.15) is 5.58 Å². The molecule has 0 bridgehead atoms. The Morgan fingerprint density at radius 2 is 1.69 bits per heavy atom. The second-order valence-electron chi connectivity index (χ2n) is 8.03. The van der Waals surface area contributed by atoms with Crippen molar-refractivity contribution in [3.8, 4) is 11.1 Å². The van der Waals surface area contributed by atoms with Crippen LogP contribution in [0.3, 0.4) is 0 Å². The number of halogens is 2. The second-order valence-corrected chi connectivity index (χ2v) is 9.35. The number of rotatable bonds is 4. The van der Waals surface area contributed by atoms with Crippen LogP contribution < -0.4 is 10.5 Å². The molecule has 4 nitrogen and oxygen atoms in total. The van der Waals surface area contributed by atoms with Gasteiger partial charge < -0.3 is 9.32 Å². The number of anilines is 1. The van der Waals surface area contributed by atoms with Gasteiger partial charge in [-0.3, -0.25) is 4.90 Å². The molecule has 0 atom stereocenters. The van der Waals surface area contributed by atoms with Gasteiger partial charge in [0, 0.05) is 65.4 Å². The van der Waals surface area contributed by atoms with Crippen LogP contribution in [-0.4, -0.2) is 31.1 Å². The minimum absolute atomic E-state index is 0.381. The van der Waals surface area contributed by atoms with Crippen LogP contribution in [-0.2, 0) is 6.54 Å². The highest BCUT2D eigenvalue weighted by Crippen LogP contribution is 2.33. The van der Waals surface area contributed by atoms with Crippen molar-refractivity contribution < 1.29 is 4.42 Å². The van der Waals surface area contributed by atoms with Gasteiger partial charge in [-0.1, -0.05) is 57.9 Å². The van der Waals surface area contributed by atoms with E-state index < -0.39 is 0 Å². The summed E-state index contributed by atoms with van der Waals surface area (Å²) in [6.45, 7) is 4.65. The van der Waals surface area contributed by atoms with Gasteiger partial charge in [0.25, 0.3) is 0 Å². The minimum Gasteiger partial charge on any atom is -0.423 e. The summed E-state index contributed by atoms with van der Waals surface area (Å²) < 4.78 is 6.43. The topological polar surface area (TPSA) is 36.7 Å². The summed E-state index contributed by atoms with van der Waals surface area (Å²) in [5.41, 5.74) is 4.25. The van der Waals surface area contributed by atoms with Gasteiger partial charge in [-0.2, -0.15) is 0 Å². The van der Waals surface area contributed by atoms with Crippen LogP contribution in [0, 0.1) is 0 Å². The van der Waals surface area contributed by atoms with Gasteiger partial charge in [0.2, 0.25) is 0 Å². The fraction of sp³-hybridized carbons (Fsp3) is 0.192. The van der Waals surface area contributed by atoms with Gasteiger partial charge in [0.05, 0.1) is 0 Å². The fourth-order valence-corrected chi connectivity index (χ4v) is 4.90. The van der Waals surface area contributed by atoms with Crippen LogP contribution >= 0.6 is 27.5 Å². The van der Waals surface area contributed by atoms with Crippen LogP contribution in [0.4, 0.5) is 5.69 Å². The van der Waals surface area contributed by atoms with Crippen LogP contribution in [0.5, 0.6) is 0 Å². The van der Waals surface area contributed by atoms with Gasteiger partial charge in [-0.25, -0.2) is 4.79 Å². The fourth-order valence-electron chi connectivity index (χ4n) is 4.29. The van der Waals surface area contributed by atoms with Crippen LogP contribution in [0.25, 0.3) is 22.1 Å². The summed E-state index contributed by atoms with van der Waals surface area (Å²) in [6, 6.07) is 23.9. The van der Waals surface area contributed by atoms with Crippen molar-refractivity contribution in [2.75, 3.05) is 31.1 Å². The molecule has 6 heteroatoms. The third-order valence-corrected chi connectivity index (χ3v) is 6.78. The van der Waals surface area contributed by atoms with Gasteiger partial charge in [-0.05, 0) is 47.0 Å². The lowest BCUT2D eigenvalue weighted by atomic mass is 10.00. The molecule has 1 fully saturated rings. The number of nitrogens with zero attached hydrogens (tertiary/aromatic N) is 2. The first kappa shape index (κ1) is 21.3. The van der Waals surface area contributed by atoms with E-state index in [1.807, 2.05) is 30.3 Å². The van der Waals surface area contributed by atoms with E-state index >= 15 is 0 Å². The summed E-state index contributed by atoms with van der Waals surface area (Å²) in [5, 5.41) is 1.52. The van der Waals surface area contributed by atoms with E-state index in [4.69, 9.17) is 16.0 Å². The Morgan fingerprint density at radius 1 is 0.906 bits per heavy atom. The Labute approximate surface area is 200 Å². The maximum Gasteiger partial charge on any atom is 0.336 e. The van der Waals surface area contributed by atoms with Crippen molar-refractivity contribution in [2.24, 2.45) is 0 Å². The average molecular weight is 510 g/mol. The lowest BCUT2D eigenvalue weighted by molar-refractivity contribution is 0.250. The Kier molecular flexibility index (Phi) is 6.05. The number of fused-ring (bicyclic) bond motifs is 1. The normalized spacial score (nSPS) is 14.8. The van der Waals surface area contributed by atoms with Gasteiger partial charge in [0.15, 0.2) is 0 Å². The van der Waals surface area contributed by atoms with Crippen LogP contribution in [0.15, 0.2) is 86.5 Å². The maximum atomic E-state index is 12.2. The van der Waals surface area contributed by atoms with Crippen LogP contribution in [0.2, 0.25) is 5.02 Å².